The number of hydrogen-bond acceptors (Lipinski definition) is 7. The first-order valence-corrected chi connectivity index (χ1v) is 17.6. The van der Waals surface area contributed by atoms with Gasteiger partial charge < -0.3 is 19.0 Å². The smallest absolute Gasteiger partial charge is 0.333 e. The van der Waals surface area contributed by atoms with Gasteiger partial charge in [0, 0.05) is 29.8 Å². The Kier molecular flexibility index (Phi) is 11.1. The summed E-state index contributed by atoms with van der Waals surface area (Å²) in [6.45, 7) is 22.8. The van der Waals surface area contributed by atoms with E-state index in [1.807, 2.05) is 13.2 Å². The zero-order valence-corrected chi connectivity index (χ0v) is 26.0. The number of anilines is 1. The molecular formula is C25H48N3O3SSi2. The van der Waals surface area contributed by atoms with Crippen molar-refractivity contribution in [3.63, 3.8) is 0 Å². The normalized spacial score (nSPS) is 21.6. The molecule has 195 valence electrons. The van der Waals surface area contributed by atoms with Crippen LogP contribution < -0.4 is 5.32 Å². The van der Waals surface area contributed by atoms with Crippen LogP contribution in [-0.2, 0) is 8.54 Å². The molecule has 6 nitrogen and oxygen atoms in total. The van der Waals surface area contributed by atoms with Gasteiger partial charge in [0.1, 0.15) is 5.82 Å². The minimum absolute atomic E-state index is 0.0995. The van der Waals surface area contributed by atoms with Crippen LogP contribution >= 0.6 is 11.8 Å². The van der Waals surface area contributed by atoms with Crippen molar-refractivity contribution >= 4 is 35.2 Å². The minimum atomic E-state index is -2.47. The van der Waals surface area contributed by atoms with E-state index in [2.05, 4.69) is 77.6 Å². The van der Waals surface area contributed by atoms with Gasteiger partial charge in [-0.05, 0) is 55.1 Å². The lowest BCUT2D eigenvalue weighted by Crippen LogP contribution is -2.54. The molecule has 1 aliphatic rings. The average Bonchev–Trinajstić information content (AvgIpc) is 3.09. The van der Waals surface area contributed by atoms with E-state index in [1.54, 1.807) is 11.8 Å². The van der Waals surface area contributed by atoms with E-state index in [0.717, 1.165) is 28.7 Å². The molecule has 1 saturated carbocycles. The van der Waals surface area contributed by atoms with E-state index < -0.39 is 17.6 Å². The molecule has 0 aliphatic heterocycles. The van der Waals surface area contributed by atoms with Crippen molar-refractivity contribution in [1.82, 2.24) is 9.97 Å². The second-order valence-electron chi connectivity index (χ2n) is 11.1. The van der Waals surface area contributed by atoms with Crippen LogP contribution in [0.2, 0.25) is 22.2 Å². The molecule has 2 rings (SSSR count). The lowest BCUT2D eigenvalue weighted by molar-refractivity contribution is 0.0834. The largest absolute Gasteiger partial charge is 0.435 e. The molecule has 1 radical (unpaired) electrons. The zero-order valence-electron chi connectivity index (χ0n) is 23.2. The fourth-order valence-corrected chi connectivity index (χ4v) is 14.7. The molecule has 1 aromatic heterocycles. The van der Waals surface area contributed by atoms with Crippen LogP contribution in [0.25, 0.3) is 0 Å². The van der Waals surface area contributed by atoms with Gasteiger partial charge in [-0.15, -0.1) is 0 Å². The Labute approximate surface area is 215 Å². The van der Waals surface area contributed by atoms with E-state index in [9.17, 15) is 5.11 Å². The summed E-state index contributed by atoms with van der Waals surface area (Å²) in [6, 6.07) is 0.173. The van der Waals surface area contributed by atoms with Crippen LogP contribution in [0.15, 0.2) is 5.16 Å². The van der Waals surface area contributed by atoms with Gasteiger partial charge >= 0.3 is 8.56 Å². The maximum absolute atomic E-state index is 10.9. The first-order valence-electron chi connectivity index (χ1n) is 12.9. The van der Waals surface area contributed by atoms with Gasteiger partial charge in [0.05, 0.1) is 6.10 Å². The second kappa shape index (κ2) is 12.7. The topological polar surface area (TPSA) is 76.5 Å². The Hall–Kier alpha value is -0.456. The number of aliphatic hydroxyl groups is 1. The SMILES string of the molecule is CSc1nc(C)c(C)c(NC2CC(O)C(CO[Si](O[Si](C(C)C)C(C)C)(C(C)C)C(C)C)C2)n1. The van der Waals surface area contributed by atoms with Gasteiger partial charge in [-0.3, -0.25) is 0 Å². The fraction of sp³-hybridized carbons (Fsp3) is 0.840. The van der Waals surface area contributed by atoms with Gasteiger partial charge in [0.2, 0.25) is 9.04 Å². The van der Waals surface area contributed by atoms with Gasteiger partial charge in [-0.25, -0.2) is 9.97 Å². The third-order valence-electron chi connectivity index (χ3n) is 7.10. The molecule has 0 saturated heterocycles. The Bertz CT molecular complexity index is 779. The number of hydrogen-bond donors (Lipinski definition) is 2. The van der Waals surface area contributed by atoms with Gasteiger partial charge in [0.25, 0.3) is 0 Å². The van der Waals surface area contributed by atoms with Gasteiger partial charge in [-0.2, -0.15) is 0 Å². The molecule has 1 aliphatic carbocycles. The fourth-order valence-electron chi connectivity index (χ4n) is 5.02. The number of aryl methyl sites for hydroxylation is 1. The van der Waals surface area contributed by atoms with E-state index in [0.29, 0.717) is 35.2 Å². The second-order valence-corrected chi connectivity index (χ2v) is 19.8. The molecule has 0 aromatic carbocycles. The summed E-state index contributed by atoms with van der Waals surface area (Å²) in [5.41, 5.74) is 3.85. The van der Waals surface area contributed by atoms with Crippen LogP contribution in [0.4, 0.5) is 5.82 Å². The lowest BCUT2D eigenvalue weighted by atomic mass is 10.1. The number of aromatic nitrogens is 2. The maximum atomic E-state index is 10.9. The third-order valence-corrected chi connectivity index (χ3v) is 16.0. The van der Waals surface area contributed by atoms with Crippen LogP contribution in [0.3, 0.4) is 0 Å². The first-order chi connectivity index (χ1) is 15.8. The summed E-state index contributed by atoms with van der Waals surface area (Å²) in [5.74, 6) is 0.982. The van der Waals surface area contributed by atoms with Crippen molar-refractivity contribution in [2.45, 2.75) is 122 Å². The van der Waals surface area contributed by atoms with Crippen molar-refractivity contribution in [1.29, 1.82) is 0 Å². The first kappa shape index (κ1) is 29.8. The highest BCUT2D eigenvalue weighted by Gasteiger charge is 2.49. The molecule has 0 spiro atoms. The monoisotopic (exact) mass is 526 g/mol. The molecule has 1 heterocycles. The number of nitrogens with one attached hydrogen (secondary N) is 1. The van der Waals surface area contributed by atoms with Crippen LogP contribution in [0, 0.1) is 19.8 Å². The molecule has 9 heteroatoms. The van der Waals surface area contributed by atoms with E-state index in [4.69, 9.17) is 8.54 Å². The van der Waals surface area contributed by atoms with Crippen molar-refractivity contribution in [2.24, 2.45) is 5.92 Å². The number of thioether (sulfide) groups is 1. The van der Waals surface area contributed by atoms with Crippen LogP contribution in [0.1, 0.15) is 79.5 Å². The highest BCUT2D eigenvalue weighted by atomic mass is 32.2. The predicted octanol–water partition coefficient (Wildman–Crippen LogP) is 6.47. The highest BCUT2D eigenvalue weighted by molar-refractivity contribution is 7.98. The van der Waals surface area contributed by atoms with Crippen molar-refractivity contribution < 1.29 is 13.6 Å². The van der Waals surface area contributed by atoms with Crippen molar-refractivity contribution in [3.05, 3.63) is 11.3 Å². The lowest BCUT2D eigenvalue weighted by Gasteiger charge is -2.42. The molecule has 3 atom stereocenters. The summed E-state index contributed by atoms with van der Waals surface area (Å²) in [6.07, 6.45) is 3.18. The highest BCUT2D eigenvalue weighted by Crippen LogP contribution is 2.40. The summed E-state index contributed by atoms with van der Waals surface area (Å²) >= 11 is 1.55. The average molecular weight is 527 g/mol. The Morgan fingerprint density at radius 3 is 2.12 bits per heavy atom. The van der Waals surface area contributed by atoms with E-state index in [1.165, 1.54) is 0 Å². The molecule has 3 unspecified atom stereocenters. The Balaban J connectivity index is 2.14. The number of rotatable bonds is 12. The van der Waals surface area contributed by atoms with E-state index >= 15 is 0 Å². The standard InChI is InChI=1S/C25H48N3O3SSi2/c1-15(2)33(16(3)4)31-34(17(5)6,18(7)8)30-14-21-12-22(13-23(21)29)27-24-19(9)20(10)26-25(28-24)32-11/h15-18,21-23,29H,12-14H2,1-11H3,(H,26,27,28). The van der Waals surface area contributed by atoms with Crippen LogP contribution in [-0.4, -0.2) is 57.7 Å². The van der Waals surface area contributed by atoms with Gasteiger partial charge in [0.15, 0.2) is 5.16 Å². The third kappa shape index (κ3) is 7.06. The summed E-state index contributed by atoms with van der Waals surface area (Å²) in [5, 5.41) is 15.3. The summed E-state index contributed by atoms with van der Waals surface area (Å²) < 4.78 is 13.9. The van der Waals surface area contributed by atoms with E-state index in [-0.39, 0.29) is 18.1 Å². The zero-order chi connectivity index (χ0) is 25.8. The molecule has 34 heavy (non-hydrogen) atoms. The predicted molar refractivity (Wildman–Crippen MR) is 148 cm³/mol. The Morgan fingerprint density at radius 2 is 1.62 bits per heavy atom. The number of aliphatic hydroxyl groups excluding tert-OH is 1. The Morgan fingerprint density at radius 1 is 1.03 bits per heavy atom. The molecule has 0 bridgehead atoms. The molecule has 1 fully saturated rings. The molecule has 2 N–H and O–H groups in total. The maximum Gasteiger partial charge on any atom is 0.333 e. The molecule has 1 aromatic rings. The number of nitrogens with zero attached hydrogens (tertiary/aromatic N) is 2. The van der Waals surface area contributed by atoms with Gasteiger partial charge in [-0.1, -0.05) is 67.2 Å². The minimum Gasteiger partial charge on any atom is -0.435 e. The molecular weight excluding hydrogens is 479 g/mol. The van der Waals surface area contributed by atoms with Crippen molar-refractivity contribution in [2.75, 3.05) is 18.2 Å². The summed E-state index contributed by atoms with van der Waals surface area (Å²) in [7, 11) is -3.47. The van der Waals surface area contributed by atoms with Crippen LogP contribution in [0.5, 0.6) is 0 Å². The summed E-state index contributed by atoms with van der Waals surface area (Å²) in [4.78, 5) is 9.21. The quantitative estimate of drug-likeness (QED) is 0.183. The molecule has 0 amide bonds. The van der Waals surface area contributed by atoms with Crippen molar-refractivity contribution in [3.8, 4) is 0 Å².